The van der Waals surface area contributed by atoms with Gasteiger partial charge in [-0.15, -0.1) is 0 Å². The van der Waals surface area contributed by atoms with Crippen molar-refractivity contribution >= 4 is 27.6 Å². The van der Waals surface area contributed by atoms with Gasteiger partial charge in [-0.3, -0.25) is 0 Å². The molecular weight excluding hydrogens is 433 g/mol. The molecule has 1 aromatic carbocycles. The molecular formula is C19H27ClFN5O3S. The fourth-order valence-corrected chi connectivity index (χ4v) is 3.73. The molecule has 0 radical (unpaired) electrons. The van der Waals surface area contributed by atoms with Gasteiger partial charge in [-0.1, -0.05) is 38.4 Å². The van der Waals surface area contributed by atoms with Crippen molar-refractivity contribution in [3.8, 4) is 0 Å². The van der Waals surface area contributed by atoms with Crippen molar-refractivity contribution in [1.29, 1.82) is 0 Å². The number of hydrogen-bond donors (Lipinski definition) is 3. The van der Waals surface area contributed by atoms with Gasteiger partial charge in [0.1, 0.15) is 17.4 Å². The zero-order chi connectivity index (χ0) is 22.5. The zero-order valence-electron chi connectivity index (χ0n) is 17.1. The molecule has 1 heterocycles. The van der Waals surface area contributed by atoms with Gasteiger partial charge >= 0.3 is 0 Å². The van der Waals surface area contributed by atoms with E-state index in [1.54, 1.807) is 19.1 Å². The van der Waals surface area contributed by atoms with Crippen LogP contribution < -0.4 is 10.5 Å². The SMILES string of the molecule is CC(C)C[C@H](CO)Nc1nc(C[C@H](C)c2ccc(Cl)cc2F)nc(CS(N)(=O)=O)n1. The number of nitrogens with one attached hydrogen (secondary N) is 1. The third-order valence-corrected chi connectivity index (χ3v) is 5.25. The summed E-state index contributed by atoms with van der Waals surface area (Å²) < 4.78 is 37.3. The van der Waals surface area contributed by atoms with Crippen molar-refractivity contribution in [2.45, 2.75) is 51.3 Å². The maximum absolute atomic E-state index is 14.3. The van der Waals surface area contributed by atoms with E-state index in [4.69, 9.17) is 16.7 Å². The summed E-state index contributed by atoms with van der Waals surface area (Å²) in [5.74, 6) is -0.581. The number of aliphatic hydroxyl groups is 1. The highest BCUT2D eigenvalue weighted by molar-refractivity contribution is 7.88. The van der Waals surface area contributed by atoms with Crippen molar-refractivity contribution in [3.05, 3.63) is 46.3 Å². The van der Waals surface area contributed by atoms with E-state index in [1.807, 2.05) is 13.8 Å². The first kappa shape index (κ1) is 24.4. The Bertz CT molecular complexity index is 975. The molecule has 2 atom stereocenters. The van der Waals surface area contributed by atoms with Crippen molar-refractivity contribution in [2.75, 3.05) is 11.9 Å². The lowest BCUT2D eigenvalue weighted by Crippen LogP contribution is -2.28. The molecule has 2 rings (SSSR count). The maximum Gasteiger partial charge on any atom is 0.226 e. The Morgan fingerprint density at radius 2 is 1.87 bits per heavy atom. The van der Waals surface area contributed by atoms with Crippen LogP contribution in [0.4, 0.5) is 10.3 Å². The van der Waals surface area contributed by atoms with Crippen LogP contribution in [0, 0.1) is 11.7 Å². The summed E-state index contributed by atoms with van der Waals surface area (Å²) in [5, 5.41) is 18.1. The van der Waals surface area contributed by atoms with Gasteiger partial charge in [-0.05, 0) is 36.0 Å². The molecule has 0 saturated carbocycles. The van der Waals surface area contributed by atoms with E-state index in [0.717, 1.165) is 0 Å². The Hall–Kier alpha value is -1.88. The third kappa shape index (κ3) is 7.75. The normalized spacial score (nSPS) is 14.0. The first-order valence-corrected chi connectivity index (χ1v) is 11.6. The minimum atomic E-state index is -3.86. The summed E-state index contributed by atoms with van der Waals surface area (Å²) in [5.41, 5.74) is 0.440. The Balaban J connectivity index is 2.33. The first-order valence-electron chi connectivity index (χ1n) is 9.53. The van der Waals surface area contributed by atoms with Crippen molar-refractivity contribution in [3.63, 3.8) is 0 Å². The smallest absolute Gasteiger partial charge is 0.226 e. The van der Waals surface area contributed by atoms with Gasteiger partial charge < -0.3 is 10.4 Å². The number of rotatable bonds is 10. The highest BCUT2D eigenvalue weighted by atomic mass is 35.5. The number of benzene rings is 1. The largest absolute Gasteiger partial charge is 0.394 e. The van der Waals surface area contributed by atoms with Crippen LogP contribution in [0.15, 0.2) is 18.2 Å². The van der Waals surface area contributed by atoms with Gasteiger partial charge in [0.05, 0.1) is 12.6 Å². The number of nitrogens with two attached hydrogens (primary N) is 1. The van der Waals surface area contributed by atoms with Crippen LogP contribution in [0.5, 0.6) is 0 Å². The van der Waals surface area contributed by atoms with Gasteiger partial charge in [0, 0.05) is 11.4 Å². The quantitative estimate of drug-likeness (QED) is 0.497. The van der Waals surface area contributed by atoms with Gasteiger partial charge in [0.15, 0.2) is 5.82 Å². The Labute approximate surface area is 181 Å². The number of halogens is 2. The maximum atomic E-state index is 14.3. The third-order valence-electron chi connectivity index (χ3n) is 4.35. The number of anilines is 1. The summed E-state index contributed by atoms with van der Waals surface area (Å²) in [6.07, 6.45) is 0.899. The highest BCUT2D eigenvalue weighted by Gasteiger charge is 2.19. The molecule has 0 saturated heterocycles. The van der Waals surface area contributed by atoms with Crippen LogP contribution in [0.1, 0.15) is 50.3 Å². The van der Waals surface area contributed by atoms with Crippen molar-refractivity contribution in [2.24, 2.45) is 11.1 Å². The molecule has 1 aromatic heterocycles. The molecule has 166 valence electrons. The van der Waals surface area contributed by atoms with E-state index in [1.165, 1.54) is 6.07 Å². The van der Waals surface area contributed by atoms with Crippen LogP contribution in [0.3, 0.4) is 0 Å². The van der Waals surface area contributed by atoms with Crippen LogP contribution in [-0.2, 0) is 22.2 Å². The second-order valence-electron chi connectivity index (χ2n) is 7.72. The summed E-state index contributed by atoms with van der Waals surface area (Å²) in [6.45, 7) is 5.68. The van der Waals surface area contributed by atoms with Gasteiger partial charge in [-0.2, -0.15) is 9.97 Å². The average Bonchev–Trinajstić information content (AvgIpc) is 2.58. The highest BCUT2D eigenvalue weighted by Crippen LogP contribution is 2.25. The van der Waals surface area contributed by atoms with Crippen molar-refractivity contribution in [1.82, 2.24) is 15.0 Å². The van der Waals surface area contributed by atoms with Crippen LogP contribution in [-0.4, -0.2) is 41.1 Å². The average molecular weight is 460 g/mol. The monoisotopic (exact) mass is 459 g/mol. The molecule has 4 N–H and O–H groups in total. The summed E-state index contributed by atoms with van der Waals surface area (Å²) in [7, 11) is -3.86. The van der Waals surface area contributed by atoms with E-state index < -0.39 is 21.6 Å². The molecule has 2 aromatic rings. The molecule has 0 bridgehead atoms. The summed E-state index contributed by atoms with van der Waals surface area (Å²) in [4.78, 5) is 12.7. The fourth-order valence-electron chi connectivity index (χ4n) is 3.08. The van der Waals surface area contributed by atoms with E-state index in [9.17, 15) is 17.9 Å². The number of sulfonamides is 1. The van der Waals surface area contributed by atoms with E-state index in [-0.39, 0.29) is 42.6 Å². The number of primary sulfonamides is 1. The molecule has 30 heavy (non-hydrogen) atoms. The first-order chi connectivity index (χ1) is 14.0. The minimum Gasteiger partial charge on any atom is -0.394 e. The molecule has 0 unspecified atom stereocenters. The van der Waals surface area contributed by atoms with Crippen LogP contribution >= 0.6 is 11.6 Å². The Morgan fingerprint density at radius 1 is 1.20 bits per heavy atom. The summed E-state index contributed by atoms with van der Waals surface area (Å²) in [6, 6.07) is 4.12. The molecule has 8 nitrogen and oxygen atoms in total. The van der Waals surface area contributed by atoms with E-state index in [2.05, 4.69) is 20.3 Å². The molecule has 0 fully saturated rings. The van der Waals surface area contributed by atoms with E-state index in [0.29, 0.717) is 22.9 Å². The molecule has 0 spiro atoms. The lowest BCUT2D eigenvalue weighted by Gasteiger charge is -2.19. The van der Waals surface area contributed by atoms with Gasteiger partial charge in [0.25, 0.3) is 0 Å². The van der Waals surface area contributed by atoms with E-state index >= 15 is 0 Å². The fraction of sp³-hybridized carbons (Fsp3) is 0.526. The van der Waals surface area contributed by atoms with Gasteiger partial charge in [0.2, 0.25) is 16.0 Å². The summed E-state index contributed by atoms with van der Waals surface area (Å²) >= 11 is 5.81. The number of hydrogen-bond acceptors (Lipinski definition) is 7. The predicted molar refractivity (Wildman–Crippen MR) is 114 cm³/mol. The Kier molecular flexibility index (Phi) is 8.48. The zero-order valence-corrected chi connectivity index (χ0v) is 18.7. The minimum absolute atomic E-state index is 0.0185. The second-order valence-corrected chi connectivity index (χ2v) is 9.77. The molecule has 11 heteroatoms. The van der Waals surface area contributed by atoms with Gasteiger partial charge in [-0.25, -0.2) is 22.9 Å². The molecule has 0 amide bonds. The number of aliphatic hydroxyl groups excluding tert-OH is 1. The molecule has 0 aliphatic rings. The standard InChI is InChI=1S/C19H27ClFN5O3S/c1-11(2)6-14(9-27)23-19-25-17(24-18(26-19)10-30(22,28)29)7-12(3)15-5-4-13(20)8-16(15)21/h4-5,8,11-12,14,27H,6-7,9-10H2,1-3H3,(H2,22,28,29)(H,23,24,25,26)/t12-,14+/m0/s1. The lowest BCUT2D eigenvalue weighted by atomic mass is 9.97. The molecule has 0 aliphatic heterocycles. The Morgan fingerprint density at radius 3 is 2.43 bits per heavy atom. The van der Waals surface area contributed by atoms with Crippen LogP contribution in [0.2, 0.25) is 5.02 Å². The van der Waals surface area contributed by atoms with Crippen molar-refractivity contribution < 1.29 is 17.9 Å². The second kappa shape index (κ2) is 10.4. The topological polar surface area (TPSA) is 131 Å². The van der Waals surface area contributed by atoms with Crippen LogP contribution in [0.25, 0.3) is 0 Å². The number of aromatic nitrogens is 3. The number of nitrogens with zero attached hydrogens (tertiary/aromatic N) is 3. The molecule has 0 aliphatic carbocycles. The lowest BCUT2D eigenvalue weighted by molar-refractivity contribution is 0.259. The predicted octanol–water partition coefficient (Wildman–Crippen LogP) is 2.62.